The lowest BCUT2D eigenvalue weighted by molar-refractivity contribution is -0.143. The van der Waals surface area contributed by atoms with Crippen LogP contribution in [0, 0.1) is 5.92 Å². The number of benzene rings is 3. The predicted octanol–water partition coefficient (Wildman–Crippen LogP) is 5.35. The van der Waals surface area contributed by atoms with Crippen molar-refractivity contribution in [1.82, 2.24) is 4.90 Å². The molecule has 3 N–H and O–H groups in total. The molecular formula is C40H56N2O9. The molecule has 1 aliphatic heterocycles. The average Bonchev–Trinajstić information content (AvgIpc) is 3.13. The van der Waals surface area contributed by atoms with E-state index in [-0.39, 0.29) is 30.9 Å². The van der Waals surface area contributed by atoms with Crippen LogP contribution in [-0.2, 0) is 32.2 Å². The minimum atomic E-state index is -0.860. The predicted molar refractivity (Wildman–Crippen MR) is 196 cm³/mol. The Labute approximate surface area is 302 Å². The number of ether oxygens (including phenoxy) is 7. The van der Waals surface area contributed by atoms with Crippen molar-refractivity contribution in [2.75, 3.05) is 60.8 Å². The van der Waals surface area contributed by atoms with Crippen LogP contribution in [0.25, 0.3) is 0 Å². The van der Waals surface area contributed by atoms with Gasteiger partial charge in [-0.1, -0.05) is 50.2 Å². The number of para-hydroxylation sites is 1. The Bertz CT molecular complexity index is 1470. The maximum Gasteiger partial charge on any atom is 0.239 e. The van der Waals surface area contributed by atoms with Gasteiger partial charge in [-0.05, 0) is 53.8 Å². The number of piperidine rings is 1. The minimum absolute atomic E-state index is 0.171. The van der Waals surface area contributed by atoms with Gasteiger partial charge >= 0.3 is 0 Å². The Hall–Kier alpha value is -3.87. The highest BCUT2D eigenvalue weighted by molar-refractivity contribution is 5.82. The van der Waals surface area contributed by atoms with Gasteiger partial charge in [-0.3, -0.25) is 4.79 Å². The van der Waals surface area contributed by atoms with Gasteiger partial charge in [0.05, 0.1) is 65.5 Å². The standard InChI is InChI=1S/C40H56N2O9/c1-28(2)22-33(41)40(44)42-24-34(43)39(38(25-42)51-26-29-12-17-36(47-5)37(23-29)50-21-8-18-45-3)30-13-15-32(16-14-30)49-20-9-19-48-27-31-10-6-7-11-35(31)46-4/h6-7,10-17,23,28,33-34,38-39,43H,8-9,18-22,24-27,41H2,1-5H3/t33-,34+,38-,39?/m0/s1. The quantitative estimate of drug-likeness (QED) is 0.140. The van der Waals surface area contributed by atoms with E-state index in [0.717, 1.165) is 41.0 Å². The van der Waals surface area contributed by atoms with E-state index in [1.54, 1.807) is 26.2 Å². The second-order valence-electron chi connectivity index (χ2n) is 13.2. The highest BCUT2D eigenvalue weighted by atomic mass is 16.5. The summed E-state index contributed by atoms with van der Waals surface area (Å²) in [5.74, 6) is 2.49. The summed E-state index contributed by atoms with van der Waals surface area (Å²) in [4.78, 5) is 15.0. The zero-order valence-corrected chi connectivity index (χ0v) is 30.8. The molecule has 0 aliphatic carbocycles. The maximum absolute atomic E-state index is 13.4. The number of hydrogen-bond donors (Lipinski definition) is 2. The summed E-state index contributed by atoms with van der Waals surface area (Å²) in [6.07, 6.45) is 0.677. The van der Waals surface area contributed by atoms with Crippen LogP contribution in [0.2, 0.25) is 0 Å². The number of aliphatic hydroxyl groups is 1. The van der Waals surface area contributed by atoms with Crippen molar-refractivity contribution in [1.29, 1.82) is 0 Å². The molecule has 1 fully saturated rings. The van der Waals surface area contributed by atoms with Crippen molar-refractivity contribution in [3.8, 4) is 23.0 Å². The van der Waals surface area contributed by atoms with E-state index < -0.39 is 18.2 Å². The fraction of sp³-hybridized carbons (Fsp3) is 0.525. The number of β-amino-alcohol motifs (C(OH)–C–C–N with tert-alkyl or cyclic N) is 1. The van der Waals surface area contributed by atoms with E-state index in [0.29, 0.717) is 57.5 Å². The van der Waals surface area contributed by atoms with E-state index in [1.165, 1.54) is 0 Å². The number of methoxy groups -OCH3 is 3. The first-order chi connectivity index (χ1) is 24.7. The molecule has 3 aromatic carbocycles. The van der Waals surface area contributed by atoms with Crippen LogP contribution in [0.3, 0.4) is 0 Å². The van der Waals surface area contributed by atoms with Gasteiger partial charge in [0, 0.05) is 51.1 Å². The summed E-state index contributed by atoms with van der Waals surface area (Å²) < 4.78 is 40.3. The molecule has 0 bridgehead atoms. The van der Waals surface area contributed by atoms with Gasteiger partial charge < -0.3 is 48.9 Å². The van der Waals surface area contributed by atoms with Crippen LogP contribution in [0.5, 0.6) is 23.0 Å². The van der Waals surface area contributed by atoms with Gasteiger partial charge in [-0.25, -0.2) is 0 Å². The number of nitrogens with two attached hydrogens (primary N) is 1. The summed E-state index contributed by atoms with van der Waals surface area (Å²) >= 11 is 0. The highest BCUT2D eigenvalue weighted by Crippen LogP contribution is 2.34. The molecule has 1 heterocycles. The second-order valence-corrected chi connectivity index (χ2v) is 13.2. The van der Waals surface area contributed by atoms with Crippen molar-refractivity contribution >= 4 is 5.91 Å². The lowest BCUT2D eigenvalue weighted by Crippen LogP contribution is -2.57. The Balaban J connectivity index is 1.40. The van der Waals surface area contributed by atoms with Gasteiger partial charge in [0.15, 0.2) is 11.5 Å². The molecule has 0 saturated carbocycles. The molecule has 0 spiro atoms. The molecule has 4 rings (SSSR count). The van der Waals surface area contributed by atoms with Crippen molar-refractivity contribution in [3.63, 3.8) is 0 Å². The van der Waals surface area contributed by atoms with Crippen LogP contribution < -0.4 is 24.7 Å². The molecule has 3 aromatic rings. The monoisotopic (exact) mass is 708 g/mol. The molecular weight excluding hydrogens is 652 g/mol. The number of rotatable bonds is 21. The van der Waals surface area contributed by atoms with Gasteiger partial charge in [0.2, 0.25) is 5.91 Å². The van der Waals surface area contributed by atoms with Crippen molar-refractivity contribution in [3.05, 3.63) is 83.4 Å². The first-order valence-electron chi connectivity index (χ1n) is 17.8. The van der Waals surface area contributed by atoms with E-state index in [9.17, 15) is 9.90 Å². The first-order valence-corrected chi connectivity index (χ1v) is 17.8. The molecule has 1 amide bonds. The molecule has 0 radical (unpaired) electrons. The number of carbonyl (C=O) groups excluding carboxylic acids is 1. The second kappa shape index (κ2) is 20.8. The molecule has 11 heteroatoms. The number of nitrogens with zero attached hydrogens (tertiary/aromatic N) is 1. The maximum atomic E-state index is 13.4. The molecule has 1 saturated heterocycles. The minimum Gasteiger partial charge on any atom is -0.496 e. The number of amides is 1. The lowest BCUT2D eigenvalue weighted by Gasteiger charge is -2.42. The molecule has 1 aliphatic rings. The van der Waals surface area contributed by atoms with E-state index in [1.807, 2.05) is 80.6 Å². The van der Waals surface area contributed by atoms with E-state index >= 15 is 0 Å². The highest BCUT2D eigenvalue weighted by Gasteiger charge is 2.40. The fourth-order valence-electron chi connectivity index (χ4n) is 6.26. The number of hydrogen-bond acceptors (Lipinski definition) is 10. The summed E-state index contributed by atoms with van der Waals surface area (Å²) in [6.45, 7) is 7.39. The molecule has 4 atom stereocenters. The molecule has 51 heavy (non-hydrogen) atoms. The van der Waals surface area contributed by atoms with Gasteiger partial charge in [0.25, 0.3) is 0 Å². The number of carbonyl (C=O) groups is 1. The van der Waals surface area contributed by atoms with Crippen LogP contribution in [-0.4, -0.2) is 95.0 Å². The first kappa shape index (κ1) is 39.9. The molecule has 11 nitrogen and oxygen atoms in total. The van der Waals surface area contributed by atoms with Crippen molar-refractivity contribution in [2.24, 2.45) is 11.7 Å². The molecule has 1 unspecified atom stereocenters. The van der Waals surface area contributed by atoms with Crippen molar-refractivity contribution < 1.29 is 43.1 Å². The van der Waals surface area contributed by atoms with Crippen molar-refractivity contribution in [2.45, 2.75) is 70.5 Å². The third-order valence-electron chi connectivity index (χ3n) is 8.84. The topological polar surface area (TPSA) is 131 Å². The Morgan fingerprint density at radius 2 is 1.57 bits per heavy atom. The zero-order valence-electron chi connectivity index (χ0n) is 30.8. The summed E-state index contributed by atoms with van der Waals surface area (Å²) in [5, 5.41) is 11.5. The van der Waals surface area contributed by atoms with E-state index in [4.69, 9.17) is 38.9 Å². The Morgan fingerprint density at radius 3 is 2.29 bits per heavy atom. The van der Waals surface area contributed by atoms with Crippen LogP contribution >= 0.6 is 0 Å². The zero-order chi connectivity index (χ0) is 36.6. The summed E-state index contributed by atoms with van der Waals surface area (Å²) in [6, 6.07) is 20.6. The van der Waals surface area contributed by atoms with Crippen LogP contribution in [0.4, 0.5) is 0 Å². The molecule has 280 valence electrons. The van der Waals surface area contributed by atoms with Gasteiger partial charge in [0.1, 0.15) is 11.5 Å². The summed E-state index contributed by atoms with van der Waals surface area (Å²) in [7, 11) is 4.92. The van der Waals surface area contributed by atoms with E-state index in [2.05, 4.69) is 0 Å². The van der Waals surface area contributed by atoms with Crippen LogP contribution in [0.15, 0.2) is 66.7 Å². The smallest absolute Gasteiger partial charge is 0.239 e. The number of likely N-dealkylation sites (tertiary alicyclic amines) is 1. The fourth-order valence-corrected chi connectivity index (χ4v) is 6.26. The third kappa shape index (κ3) is 12.1. The largest absolute Gasteiger partial charge is 0.496 e. The van der Waals surface area contributed by atoms with Gasteiger partial charge in [-0.15, -0.1) is 0 Å². The lowest BCUT2D eigenvalue weighted by atomic mass is 9.84. The Kier molecular flexibility index (Phi) is 16.3. The summed E-state index contributed by atoms with van der Waals surface area (Å²) in [5.41, 5.74) is 9.08. The average molecular weight is 709 g/mol. The van der Waals surface area contributed by atoms with Crippen LogP contribution in [0.1, 0.15) is 55.7 Å². The SMILES string of the molecule is COCCCOc1cc(CO[C@H]2CN(C(=O)[C@@H](N)CC(C)C)C[C@@H](O)C2c2ccc(OCCCOCc3ccccc3OC)cc2)ccc1OC. The normalized spacial score (nSPS) is 18.0. The number of aliphatic hydroxyl groups excluding tert-OH is 1. The van der Waals surface area contributed by atoms with Gasteiger partial charge in [-0.2, -0.15) is 0 Å². The molecule has 0 aromatic heterocycles. The Morgan fingerprint density at radius 1 is 0.843 bits per heavy atom. The third-order valence-corrected chi connectivity index (χ3v) is 8.84.